The van der Waals surface area contributed by atoms with E-state index >= 15 is 0 Å². The number of benzene rings is 1. The lowest BCUT2D eigenvalue weighted by atomic mass is 10.1. The van der Waals surface area contributed by atoms with Gasteiger partial charge in [0.15, 0.2) is 5.82 Å². The molecule has 1 aromatic carbocycles. The molecule has 1 heterocycles. The zero-order valence-electron chi connectivity index (χ0n) is 11.0. The Hall–Kier alpha value is -2.01. The molecular formula is C13H18N5+. The van der Waals surface area contributed by atoms with Crippen LogP contribution in [0.5, 0.6) is 0 Å². The first kappa shape index (κ1) is 12.4. The van der Waals surface area contributed by atoms with Crippen molar-refractivity contribution in [1.29, 1.82) is 0 Å². The Bertz CT molecular complexity index is 525. The number of quaternary nitrogens is 1. The second kappa shape index (κ2) is 5.55. The van der Waals surface area contributed by atoms with Crippen molar-refractivity contribution in [1.82, 2.24) is 20.2 Å². The van der Waals surface area contributed by atoms with Gasteiger partial charge in [0.2, 0.25) is 0 Å². The second-order valence-electron chi connectivity index (χ2n) is 4.38. The monoisotopic (exact) mass is 244 g/mol. The van der Waals surface area contributed by atoms with E-state index in [0.29, 0.717) is 0 Å². The Kier molecular flexibility index (Phi) is 3.84. The van der Waals surface area contributed by atoms with Crippen molar-refractivity contribution in [2.24, 2.45) is 0 Å². The van der Waals surface area contributed by atoms with Crippen LogP contribution in [0.15, 0.2) is 30.5 Å². The summed E-state index contributed by atoms with van der Waals surface area (Å²) in [5.74, 6) is 0.737. The molecule has 5 nitrogen and oxygen atoms in total. The average Bonchev–Trinajstić information content (AvgIpc) is 2.85. The molecule has 0 fully saturated rings. The van der Waals surface area contributed by atoms with Crippen molar-refractivity contribution >= 4 is 6.08 Å². The van der Waals surface area contributed by atoms with Crippen LogP contribution in [-0.2, 0) is 6.42 Å². The normalized spacial score (nSPS) is 11.6. The van der Waals surface area contributed by atoms with E-state index in [1.807, 2.05) is 38.5 Å². The van der Waals surface area contributed by atoms with Gasteiger partial charge < -0.3 is 4.90 Å². The summed E-state index contributed by atoms with van der Waals surface area (Å²) >= 11 is 0. The Labute approximate surface area is 107 Å². The number of aromatic nitrogens is 4. The first-order chi connectivity index (χ1) is 8.70. The van der Waals surface area contributed by atoms with E-state index < -0.39 is 0 Å². The highest BCUT2D eigenvalue weighted by molar-refractivity contribution is 5.43. The predicted molar refractivity (Wildman–Crippen MR) is 70.4 cm³/mol. The van der Waals surface area contributed by atoms with Crippen molar-refractivity contribution in [3.05, 3.63) is 41.9 Å². The number of nitrogens with one attached hydrogen (secondary N) is 1. The maximum atomic E-state index is 4.01. The number of aryl methyl sites for hydroxylation is 1. The highest BCUT2D eigenvalue weighted by Gasteiger charge is 2.05. The molecule has 0 spiro atoms. The molecular weight excluding hydrogens is 226 g/mol. The third kappa shape index (κ3) is 2.81. The largest absolute Gasteiger partial charge is 0.313 e. The standard InChI is InChI=1S/C13H17N5/c1-4-11-5-7-12(8-6-11)18-13(14-15-16-18)9-10-17(2)3/h5-10H,4H2,1-3H3/p+1/b10-9+. The molecule has 0 saturated carbocycles. The highest BCUT2D eigenvalue weighted by Crippen LogP contribution is 2.10. The maximum absolute atomic E-state index is 4.01. The minimum Gasteiger partial charge on any atom is -0.313 e. The Morgan fingerprint density at radius 1 is 1.22 bits per heavy atom. The minimum absolute atomic E-state index is 0.737. The topological polar surface area (TPSA) is 48.0 Å². The van der Waals surface area contributed by atoms with E-state index in [-0.39, 0.29) is 0 Å². The lowest BCUT2D eigenvalue weighted by molar-refractivity contribution is -0.800. The van der Waals surface area contributed by atoms with Gasteiger partial charge in [0, 0.05) is 6.08 Å². The van der Waals surface area contributed by atoms with Gasteiger partial charge in [-0.1, -0.05) is 19.1 Å². The van der Waals surface area contributed by atoms with Crippen LogP contribution in [0, 0.1) is 0 Å². The van der Waals surface area contributed by atoms with Crippen molar-refractivity contribution in [3.63, 3.8) is 0 Å². The SMILES string of the molecule is CCc1ccc(-n2nnnc2/C=C/[NH+](C)C)cc1. The molecule has 0 unspecified atom stereocenters. The fourth-order valence-electron chi connectivity index (χ4n) is 1.60. The summed E-state index contributed by atoms with van der Waals surface area (Å²) in [5, 5.41) is 11.7. The van der Waals surface area contributed by atoms with Crippen LogP contribution in [0.3, 0.4) is 0 Å². The Balaban J connectivity index is 2.30. The van der Waals surface area contributed by atoms with Gasteiger partial charge in [-0.05, 0) is 34.5 Å². The molecule has 0 radical (unpaired) electrons. The molecule has 5 heteroatoms. The fourth-order valence-corrected chi connectivity index (χ4v) is 1.60. The summed E-state index contributed by atoms with van der Waals surface area (Å²) in [6, 6.07) is 8.27. The van der Waals surface area contributed by atoms with Crippen LogP contribution >= 0.6 is 0 Å². The minimum atomic E-state index is 0.737. The smallest absolute Gasteiger partial charge is 0.185 e. The van der Waals surface area contributed by atoms with Crippen LogP contribution in [0.4, 0.5) is 0 Å². The summed E-state index contributed by atoms with van der Waals surface area (Å²) in [4.78, 5) is 1.21. The van der Waals surface area contributed by atoms with E-state index in [0.717, 1.165) is 17.9 Å². The Morgan fingerprint density at radius 2 is 1.94 bits per heavy atom. The van der Waals surface area contributed by atoms with E-state index in [1.165, 1.54) is 10.5 Å². The van der Waals surface area contributed by atoms with E-state index in [1.54, 1.807) is 4.68 Å². The zero-order valence-corrected chi connectivity index (χ0v) is 11.0. The van der Waals surface area contributed by atoms with Gasteiger partial charge in [-0.2, -0.15) is 4.68 Å². The van der Waals surface area contributed by atoms with Gasteiger partial charge in [0.1, 0.15) is 0 Å². The summed E-state index contributed by atoms with van der Waals surface area (Å²) in [6.07, 6.45) is 4.96. The molecule has 1 N–H and O–H groups in total. The fraction of sp³-hybridized carbons (Fsp3) is 0.308. The molecule has 0 aliphatic heterocycles. The summed E-state index contributed by atoms with van der Waals surface area (Å²) in [5.41, 5.74) is 2.28. The molecule has 0 saturated heterocycles. The van der Waals surface area contributed by atoms with Crippen LogP contribution < -0.4 is 4.90 Å². The number of hydrogen-bond acceptors (Lipinski definition) is 3. The molecule has 18 heavy (non-hydrogen) atoms. The molecule has 0 bridgehead atoms. The van der Waals surface area contributed by atoms with Crippen LogP contribution in [0.25, 0.3) is 11.8 Å². The molecule has 2 rings (SSSR count). The van der Waals surface area contributed by atoms with Crippen molar-refractivity contribution in [2.75, 3.05) is 14.1 Å². The molecule has 2 aromatic rings. The quantitative estimate of drug-likeness (QED) is 0.843. The lowest BCUT2D eigenvalue weighted by Crippen LogP contribution is -3.00. The zero-order chi connectivity index (χ0) is 13.0. The molecule has 0 amide bonds. The summed E-state index contributed by atoms with van der Waals surface area (Å²) in [7, 11) is 4.08. The number of hydrogen-bond donors (Lipinski definition) is 1. The van der Waals surface area contributed by atoms with Crippen LogP contribution in [-0.4, -0.2) is 34.3 Å². The second-order valence-corrected chi connectivity index (χ2v) is 4.38. The summed E-state index contributed by atoms with van der Waals surface area (Å²) < 4.78 is 1.74. The highest BCUT2D eigenvalue weighted by atomic mass is 15.5. The first-order valence-electron chi connectivity index (χ1n) is 6.06. The Morgan fingerprint density at radius 3 is 2.56 bits per heavy atom. The van der Waals surface area contributed by atoms with Gasteiger partial charge in [-0.15, -0.1) is 5.10 Å². The number of rotatable bonds is 4. The van der Waals surface area contributed by atoms with Crippen LogP contribution in [0.1, 0.15) is 18.3 Å². The van der Waals surface area contributed by atoms with E-state index in [9.17, 15) is 0 Å². The number of tetrazole rings is 1. The molecule has 1 aromatic heterocycles. The maximum Gasteiger partial charge on any atom is 0.185 e. The van der Waals surface area contributed by atoms with E-state index in [4.69, 9.17) is 0 Å². The third-order valence-corrected chi connectivity index (χ3v) is 2.65. The predicted octanol–water partition coefficient (Wildman–Crippen LogP) is 0.340. The molecule has 0 atom stereocenters. The summed E-state index contributed by atoms with van der Waals surface area (Å²) in [6.45, 7) is 2.14. The first-order valence-corrected chi connectivity index (χ1v) is 6.06. The lowest BCUT2D eigenvalue weighted by Gasteiger charge is -2.03. The van der Waals surface area contributed by atoms with Crippen LogP contribution in [0.2, 0.25) is 0 Å². The van der Waals surface area contributed by atoms with Gasteiger partial charge in [-0.3, -0.25) is 0 Å². The van der Waals surface area contributed by atoms with E-state index in [2.05, 4.69) is 34.6 Å². The van der Waals surface area contributed by atoms with Crippen molar-refractivity contribution < 1.29 is 4.90 Å². The number of nitrogens with zero attached hydrogens (tertiary/aromatic N) is 4. The van der Waals surface area contributed by atoms with Crippen molar-refractivity contribution in [2.45, 2.75) is 13.3 Å². The van der Waals surface area contributed by atoms with Gasteiger partial charge in [-0.25, -0.2) is 0 Å². The van der Waals surface area contributed by atoms with Gasteiger partial charge in [0.25, 0.3) is 0 Å². The molecule has 0 aliphatic rings. The van der Waals surface area contributed by atoms with Crippen molar-refractivity contribution in [3.8, 4) is 5.69 Å². The average molecular weight is 244 g/mol. The van der Waals surface area contributed by atoms with Gasteiger partial charge in [0.05, 0.1) is 26.0 Å². The third-order valence-electron chi connectivity index (χ3n) is 2.65. The van der Waals surface area contributed by atoms with Gasteiger partial charge >= 0.3 is 0 Å². The molecule has 0 aliphatic carbocycles. The molecule has 94 valence electrons.